The minimum Gasteiger partial charge on any atom is -0.497 e. The first-order chi connectivity index (χ1) is 11.2. The van der Waals surface area contributed by atoms with Crippen LogP contribution in [0.1, 0.15) is 31.4 Å². The van der Waals surface area contributed by atoms with Crippen LogP contribution >= 0.6 is 0 Å². The maximum absolute atomic E-state index is 11.8. The number of benzene rings is 1. The Kier molecular flexibility index (Phi) is 4.65. The Balaban J connectivity index is 1.71. The molecule has 0 saturated carbocycles. The van der Waals surface area contributed by atoms with Gasteiger partial charge in [-0.1, -0.05) is 6.07 Å². The van der Waals surface area contributed by atoms with Crippen LogP contribution in [0.2, 0.25) is 0 Å². The first-order valence-electron chi connectivity index (χ1n) is 8.07. The highest BCUT2D eigenvalue weighted by atomic mass is 16.6. The second-order valence-electron chi connectivity index (χ2n) is 5.75. The molecule has 0 bridgehead atoms. The third-order valence-electron chi connectivity index (χ3n) is 4.36. The summed E-state index contributed by atoms with van der Waals surface area (Å²) in [6.45, 7) is 3.71. The van der Waals surface area contributed by atoms with E-state index in [1.807, 2.05) is 25.1 Å². The molecule has 23 heavy (non-hydrogen) atoms. The van der Waals surface area contributed by atoms with Gasteiger partial charge in [0.1, 0.15) is 5.75 Å². The van der Waals surface area contributed by atoms with Gasteiger partial charge in [0.15, 0.2) is 0 Å². The topological polar surface area (TPSA) is 51.7 Å². The molecule has 0 aliphatic carbocycles. The molecular weight excluding hydrogens is 292 g/mol. The second-order valence-corrected chi connectivity index (χ2v) is 5.75. The normalized spacial score (nSPS) is 15.7. The van der Waals surface area contributed by atoms with Crippen LogP contribution in [0.5, 0.6) is 5.75 Å². The molecule has 0 atom stereocenters. The van der Waals surface area contributed by atoms with Gasteiger partial charge in [0.05, 0.1) is 19.2 Å². The van der Waals surface area contributed by atoms with Gasteiger partial charge in [-0.3, -0.25) is 4.98 Å². The molecule has 0 N–H and O–H groups in total. The number of pyridine rings is 1. The van der Waals surface area contributed by atoms with Gasteiger partial charge < -0.3 is 14.4 Å². The number of carbonyl (C=O) groups excluding carboxylic acids is 1. The molecule has 1 aromatic heterocycles. The van der Waals surface area contributed by atoms with E-state index >= 15 is 0 Å². The smallest absolute Gasteiger partial charge is 0.409 e. The van der Waals surface area contributed by atoms with Crippen molar-refractivity contribution in [2.45, 2.75) is 25.7 Å². The van der Waals surface area contributed by atoms with E-state index < -0.39 is 0 Å². The van der Waals surface area contributed by atoms with E-state index in [0.29, 0.717) is 12.5 Å². The Labute approximate surface area is 136 Å². The molecule has 1 aliphatic heterocycles. The monoisotopic (exact) mass is 314 g/mol. The van der Waals surface area contributed by atoms with Crippen molar-refractivity contribution in [3.8, 4) is 5.75 Å². The molecule has 122 valence electrons. The molecule has 5 nitrogen and oxygen atoms in total. The number of ether oxygens (including phenoxy) is 2. The number of likely N-dealkylation sites (tertiary alicyclic amines) is 1. The molecule has 0 spiro atoms. The van der Waals surface area contributed by atoms with E-state index in [1.165, 1.54) is 0 Å². The maximum atomic E-state index is 11.8. The van der Waals surface area contributed by atoms with E-state index in [2.05, 4.69) is 12.1 Å². The van der Waals surface area contributed by atoms with Gasteiger partial charge in [-0.15, -0.1) is 0 Å². The number of amides is 1. The molecule has 1 aromatic carbocycles. The highest BCUT2D eigenvalue weighted by Crippen LogP contribution is 2.29. The van der Waals surface area contributed by atoms with Gasteiger partial charge in [0.2, 0.25) is 0 Å². The van der Waals surface area contributed by atoms with E-state index in [9.17, 15) is 4.79 Å². The lowest BCUT2D eigenvalue weighted by Crippen LogP contribution is -2.38. The molecule has 1 fully saturated rings. The number of hydrogen-bond acceptors (Lipinski definition) is 4. The standard InChI is InChI=1S/C18H22N2O3/c1-3-23-18(21)20-10-8-13(9-11-20)16-6-4-14-12-15(22-2)5-7-17(14)19-16/h4-7,12-13H,3,8-11H2,1-2H3. The first-order valence-corrected chi connectivity index (χ1v) is 8.07. The number of methoxy groups -OCH3 is 1. The molecule has 2 heterocycles. The molecule has 2 aromatic rings. The van der Waals surface area contributed by atoms with Gasteiger partial charge in [-0.25, -0.2) is 4.79 Å². The maximum Gasteiger partial charge on any atom is 0.409 e. The van der Waals surface area contributed by atoms with Crippen LogP contribution in [0, 0.1) is 0 Å². The van der Waals surface area contributed by atoms with Gasteiger partial charge >= 0.3 is 6.09 Å². The third-order valence-corrected chi connectivity index (χ3v) is 4.36. The fourth-order valence-electron chi connectivity index (χ4n) is 3.05. The summed E-state index contributed by atoms with van der Waals surface area (Å²) in [5.41, 5.74) is 2.09. The lowest BCUT2D eigenvalue weighted by Gasteiger charge is -2.31. The third kappa shape index (κ3) is 3.38. The zero-order chi connectivity index (χ0) is 16.2. The van der Waals surface area contributed by atoms with Crippen LogP contribution in [0.4, 0.5) is 4.79 Å². The number of carbonyl (C=O) groups is 1. The summed E-state index contributed by atoms with van der Waals surface area (Å²) in [5.74, 6) is 1.24. The lowest BCUT2D eigenvalue weighted by atomic mass is 9.93. The average molecular weight is 314 g/mol. The van der Waals surface area contributed by atoms with Crippen LogP contribution in [-0.2, 0) is 4.74 Å². The predicted octanol–water partition coefficient (Wildman–Crippen LogP) is 3.58. The second kappa shape index (κ2) is 6.86. The SMILES string of the molecule is CCOC(=O)N1CCC(c2ccc3cc(OC)ccc3n2)CC1. The summed E-state index contributed by atoms with van der Waals surface area (Å²) < 4.78 is 10.3. The van der Waals surface area contributed by atoms with Crippen molar-refractivity contribution < 1.29 is 14.3 Å². The zero-order valence-corrected chi connectivity index (χ0v) is 13.6. The van der Waals surface area contributed by atoms with Crippen molar-refractivity contribution in [1.82, 2.24) is 9.88 Å². The van der Waals surface area contributed by atoms with Crippen molar-refractivity contribution in [2.24, 2.45) is 0 Å². The van der Waals surface area contributed by atoms with E-state index in [-0.39, 0.29) is 6.09 Å². The minimum absolute atomic E-state index is 0.204. The number of nitrogens with zero attached hydrogens (tertiary/aromatic N) is 2. The fraction of sp³-hybridized carbons (Fsp3) is 0.444. The molecule has 0 radical (unpaired) electrons. The number of hydrogen-bond donors (Lipinski definition) is 0. The van der Waals surface area contributed by atoms with Crippen molar-refractivity contribution in [3.63, 3.8) is 0 Å². The summed E-state index contributed by atoms with van der Waals surface area (Å²) in [5, 5.41) is 1.08. The molecule has 1 aliphatic rings. The van der Waals surface area contributed by atoms with Gasteiger partial charge in [-0.05, 0) is 44.0 Å². The molecular formula is C18H22N2O3. The van der Waals surface area contributed by atoms with Crippen molar-refractivity contribution in [3.05, 3.63) is 36.0 Å². The number of rotatable bonds is 3. The largest absolute Gasteiger partial charge is 0.497 e. The van der Waals surface area contributed by atoms with Crippen LogP contribution in [0.15, 0.2) is 30.3 Å². The van der Waals surface area contributed by atoms with Crippen LogP contribution in [0.25, 0.3) is 10.9 Å². The number of piperidine rings is 1. The van der Waals surface area contributed by atoms with Crippen molar-refractivity contribution >= 4 is 17.0 Å². The quantitative estimate of drug-likeness (QED) is 0.869. The molecule has 3 rings (SSSR count). The van der Waals surface area contributed by atoms with Crippen molar-refractivity contribution in [1.29, 1.82) is 0 Å². The van der Waals surface area contributed by atoms with Crippen LogP contribution in [0.3, 0.4) is 0 Å². The molecule has 1 amide bonds. The van der Waals surface area contributed by atoms with Gasteiger partial charge in [0.25, 0.3) is 0 Å². The minimum atomic E-state index is -0.204. The molecule has 5 heteroatoms. The highest BCUT2D eigenvalue weighted by molar-refractivity contribution is 5.80. The van der Waals surface area contributed by atoms with E-state index in [0.717, 1.165) is 48.3 Å². The fourth-order valence-corrected chi connectivity index (χ4v) is 3.05. The lowest BCUT2D eigenvalue weighted by molar-refractivity contribution is 0.0969. The average Bonchev–Trinajstić information content (AvgIpc) is 2.61. The van der Waals surface area contributed by atoms with Crippen molar-refractivity contribution in [2.75, 3.05) is 26.8 Å². The summed E-state index contributed by atoms with van der Waals surface area (Å²) in [7, 11) is 1.67. The molecule has 0 unspecified atom stereocenters. The zero-order valence-electron chi connectivity index (χ0n) is 13.6. The van der Waals surface area contributed by atoms with Gasteiger partial charge in [0, 0.05) is 30.1 Å². The Hall–Kier alpha value is -2.30. The Morgan fingerprint density at radius 1 is 1.26 bits per heavy atom. The Morgan fingerprint density at radius 3 is 2.74 bits per heavy atom. The summed E-state index contributed by atoms with van der Waals surface area (Å²) in [6, 6.07) is 10.1. The van der Waals surface area contributed by atoms with Crippen LogP contribution in [-0.4, -0.2) is 42.8 Å². The highest BCUT2D eigenvalue weighted by Gasteiger charge is 2.25. The Morgan fingerprint density at radius 2 is 2.04 bits per heavy atom. The number of aromatic nitrogens is 1. The predicted molar refractivity (Wildman–Crippen MR) is 88.9 cm³/mol. The van der Waals surface area contributed by atoms with Gasteiger partial charge in [-0.2, -0.15) is 0 Å². The Bertz CT molecular complexity index is 694. The first kappa shape index (κ1) is 15.6. The summed E-state index contributed by atoms with van der Waals surface area (Å²) >= 11 is 0. The molecule has 1 saturated heterocycles. The summed E-state index contributed by atoms with van der Waals surface area (Å²) in [4.78, 5) is 18.3. The summed E-state index contributed by atoms with van der Waals surface area (Å²) in [6.07, 6.45) is 1.64. The van der Waals surface area contributed by atoms with E-state index in [1.54, 1.807) is 12.0 Å². The van der Waals surface area contributed by atoms with E-state index in [4.69, 9.17) is 14.5 Å². The van der Waals surface area contributed by atoms with Crippen LogP contribution < -0.4 is 4.74 Å². The number of fused-ring (bicyclic) bond motifs is 1.